The van der Waals surface area contributed by atoms with Crippen LogP contribution in [0.1, 0.15) is 29.3 Å². The molecule has 0 saturated heterocycles. The van der Waals surface area contributed by atoms with Crippen molar-refractivity contribution in [2.24, 2.45) is 0 Å². The summed E-state index contributed by atoms with van der Waals surface area (Å²) in [6, 6.07) is 19.2. The highest BCUT2D eigenvalue weighted by molar-refractivity contribution is 5.91. The van der Waals surface area contributed by atoms with E-state index in [4.69, 9.17) is 28.4 Å². The largest absolute Gasteiger partial charge is 0.457 e. The number of hydrogen-bond donors (Lipinski definition) is 0. The Bertz CT molecular complexity index is 1370. The maximum absolute atomic E-state index is 12.5. The molecule has 0 amide bonds. The lowest BCUT2D eigenvalue weighted by Gasteiger charge is -2.09. The zero-order valence-corrected chi connectivity index (χ0v) is 22.3. The number of carbonyl (C=O) groups is 4. The molecule has 0 aromatic heterocycles. The molecule has 0 radical (unpaired) electrons. The number of ether oxygens (including phenoxy) is 6. The molecular formula is C31H28O10. The van der Waals surface area contributed by atoms with Crippen molar-refractivity contribution in [3.05, 3.63) is 109 Å². The lowest BCUT2D eigenvalue weighted by atomic mass is 10.1. The van der Waals surface area contributed by atoms with Crippen LogP contribution >= 0.6 is 0 Å². The molecule has 0 unspecified atom stereocenters. The van der Waals surface area contributed by atoms with Crippen LogP contribution in [0.2, 0.25) is 0 Å². The maximum Gasteiger partial charge on any atom is 0.343 e. The standard InChI is InChI=1S/C31H28O10/c1-4-28(32)38-19-36-24-10-14-26(15-11-24)40-29(33)18-7-22-5-8-23(9-6-22)31(35)41-27-16-12-25(13-17-27)37-20-39-30(34)21(2)3/h4-6,8-17H,1-2,7,18-20H2,3H3. The summed E-state index contributed by atoms with van der Waals surface area (Å²) in [5.41, 5.74) is 1.44. The number of aryl methyl sites for hydroxylation is 1. The molecule has 3 aromatic rings. The third kappa shape index (κ3) is 10.4. The summed E-state index contributed by atoms with van der Waals surface area (Å²) in [6.45, 7) is 7.77. The van der Waals surface area contributed by atoms with Crippen LogP contribution in [-0.2, 0) is 30.3 Å². The van der Waals surface area contributed by atoms with Crippen LogP contribution in [0.25, 0.3) is 0 Å². The number of benzene rings is 3. The Morgan fingerprint density at radius 3 is 1.76 bits per heavy atom. The summed E-state index contributed by atoms with van der Waals surface area (Å²) >= 11 is 0. The van der Waals surface area contributed by atoms with Gasteiger partial charge in [0.05, 0.1) is 5.56 Å². The van der Waals surface area contributed by atoms with E-state index in [2.05, 4.69) is 13.2 Å². The molecule has 3 aromatic carbocycles. The molecule has 212 valence electrons. The third-order valence-corrected chi connectivity index (χ3v) is 5.25. The van der Waals surface area contributed by atoms with Gasteiger partial charge in [-0.2, -0.15) is 0 Å². The molecule has 0 fully saturated rings. The first-order valence-corrected chi connectivity index (χ1v) is 12.3. The Labute approximate surface area is 236 Å². The highest BCUT2D eigenvalue weighted by atomic mass is 16.7. The van der Waals surface area contributed by atoms with Gasteiger partial charge in [0.25, 0.3) is 0 Å². The van der Waals surface area contributed by atoms with Gasteiger partial charge in [-0.05, 0) is 79.6 Å². The zero-order valence-electron chi connectivity index (χ0n) is 22.3. The minimum atomic E-state index is -0.596. The van der Waals surface area contributed by atoms with Crippen molar-refractivity contribution in [3.63, 3.8) is 0 Å². The van der Waals surface area contributed by atoms with Crippen molar-refractivity contribution < 1.29 is 47.6 Å². The lowest BCUT2D eigenvalue weighted by Crippen LogP contribution is -2.11. The van der Waals surface area contributed by atoms with Gasteiger partial charge in [0.15, 0.2) is 0 Å². The Hall–Kier alpha value is -5.38. The normalized spacial score (nSPS) is 10.1. The van der Waals surface area contributed by atoms with E-state index in [0.717, 1.165) is 11.6 Å². The number of carbonyl (C=O) groups excluding carboxylic acids is 4. The molecule has 3 rings (SSSR count). The summed E-state index contributed by atoms with van der Waals surface area (Å²) in [5.74, 6) is -0.612. The van der Waals surface area contributed by atoms with Gasteiger partial charge in [-0.25, -0.2) is 14.4 Å². The fraction of sp³-hybridized carbons (Fsp3) is 0.161. The highest BCUT2D eigenvalue weighted by Gasteiger charge is 2.11. The SMILES string of the molecule is C=CC(=O)OCOc1ccc(OC(=O)CCc2ccc(C(=O)Oc3ccc(OCOC(=O)C(=C)C)cc3)cc2)cc1. The van der Waals surface area contributed by atoms with Gasteiger partial charge < -0.3 is 28.4 Å². The molecule has 0 aliphatic heterocycles. The topological polar surface area (TPSA) is 124 Å². The zero-order chi connectivity index (χ0) is 29.6. The van der Waals surface area contributed by atoms with E-state index in [-0.39, 0.29) is 25.6 Å². The quantitative estimate of drug-likeness (QED) is 0.116. The molecule has 0 aliphatic carbocycles. The Kier molecular flexibility index (Phi) is 11.2. The van der Waals surface area contributed by atoms with E-state index >= 15 is 0 Å². The molecule has 0 aliphatic rings. The summed E-state index contributed by atoms with van der Waals surface area (Å²) in [7, 11) is 0. The minimum Gasteiger partial charge on any atom is -0.457 e. The van der Waals surface area contributed by atoms with Crippen molar-refractivity contribution in [1.29, 1.82) is 0 Å². The predicted molar refractivity (Wildman–Crippen MR) is 146 cm³/mol. The summed E-state index contributed by atoms with van der Waals surface area (Å²) < 4.78 is 30.9. The number of hydrogen-bond acceptors (Lipinski definition) is 10. The second-order valence-electron chi connectivity index (χ2n) is 8.41. The fourth-order valence-corrected chi connectivity index (χ4v) is 3.10. The molecule has 0 bridgehead atoms. The third-order valence-electron chi connectivity index (χ3n) is 5.25. The van der Waals surface area contributed by atoms with Gasteiger partial charge in [0.2, 0.25) is 13.6 Å². The Morgan fingerprint density at radius 1 is 0.707 bits per heavy atom. The van der Waals surface area contributed by atoms with Gasteiger partial charge >= 0.3 is 23.9 Å². The molecule has 0 saturated carbocycles. The van der Waals surface area contributed by atoms with Crippen LogP contribution in [-0.4, -0.2) is 37.5 Å². The summed E-state index contributed by atoms with van der Waals surface area (Å²) in [4.78, 5) is 47.1. The summed E-state index contributed by atoms with van der Waals surface area (Å²) in [5, 5.41) is 0. The van der Waals surface area contributed by atoms with Gasteiger partial charge in [0, 0.05) is 18.1 Å². The van der Waals surface area contributed by atoms with Gasteiger partial charge in [-0.15, -0.1) is 0 Å². The molecule has 10 heteroatoms. The molecule has 0 atom stereocenters. The van der Waals surface area contributed by atoms with Crippen LogP contribution in [0.4, 0.5) is 0 Å². The van der Waals surface area contributed by atoms with Gasteiger partial charge in [0.1, 0.15) is 23.0 Å². The molecule has 0 spiro atoms. The maximum atomic E-state index is 12.5. The average molecular weight is 561 g/mol. The van der Waals surface area contributed by atoms with Crippen LogP contribution in [0, 0.1) is 0 Å². The van der Waals surface area contributed by atoms with Crippen LogP contribution in [0.5, 0.6) is 23.0 Å². The molecule has 0 heterocycles. The van der Waals surface area contributed by atoms with Crippen molar-refractivity contribution in [1.82, 2.24) is 0 Å². The summed E-state index contributed by atoms with van der Waals surface area (Å²) in [6.07, 6.45) is 1.57. The second-order valence-corrected chi connectivity index (χ2v) is 8.41. The van der Waals surface area contributed by atoms with Crippen molar-refractivity contribution in [3.8, 4) is 23.0 Å². The van der Waals surface area contributed by atoms with Crippen LogP contribution in [0.15, 0.2) is 97.6 Å². The molecule has 0 N–H and O–H groups in total. The first kappa shape index (κ1) is 30.2. The van der Waals surface area contributed by atoms with E-state index in [1.165, 1.54) is 6.92 Å². The van der Waals surface area contributed by atoms with E-state index in [0.29, 0.717) is 35.0 Å². The first-order chi connectivity index (χ1) is 19.7. The van der Waals surface area contributed by atoms with Gasteiger partial charge in [-0.1, -0.05) is 25.3 Å². The van der Waals surface area contributed by atoms with Crippen LogP contribution in [0.3, 0.4) is 0 Å². The van der Waals surface area contributed by atoms with Crippen molar-refractivity contribution in [2.75, 3.05) is 13.6 Å². The van der Waals surface area contributed by atoms with E-state index in [1.807, 2.05) is 0 Å². The molecule has 41 heavy (non-hydrogen) atoms. The number of esters is 4. The monoisotopic (exact) mass is 560 g/mol. The molecule has 10 nitrogen and oxygen atoms in total. The van der Waals surface area contributed by atoms with E-state index in [9.17, 15) is 19.2 Å². The Balaban J connectivity index is 1.40. The van der Waals surface area contributed by atoms with E-state index < -0.39 is 23.9 Å². The van der Waals surface area contributed by atoms with Gasteiger partial charge in [-0.3, -0.25) is 4.79 Å². The Morgan fingerprint density at radius 2 is 1.22 bits per heavy atom. The average Bonchev–Trinajstić information content (AvgIpc) is 2.98. The number of rotatable bonds is 14. The predicted octanol–water partition coefficient (Wildman–Crippen LogP) is 4.97. The van der Waals surface area contributed by atoms with Crippen molar-refractivity contribution in [2.45, 2.75) is 19.8 Å². The lowest BCUT2D eigenvalue weighted by molar-refractivity contribution is -0.145. The molecular weight excluding hydrogens is 532 g/mol. The van der Waals surface area contributed by atoms with Crippen LogP contribution < -0.4 is 18.9 Å². The smallest absolute Gasteiger partial charge is 0.343 e. The van der Waals surface area contributed by atoms with E-state index in [1.54, 1.807) is 72.8 Å². The van der Waals surface area contributed by atoms with Crippen molar-refractivity contribution >= 4 is 23.9 Å². The fourth-order valence-electron chi connectivity index (χ4n) is 3.10. The minimum absolute atomic E-state index is 0.125. The first-order valence-electron chi connectivity index (χ1n) is 12.3. The second kappa shape index (κ2) is 15.3. The highest BCUT2D eigenvalue weighted by Crippen LogP contribution is 2.20.